The van der Waals surface area contributed by atoms with Crippen LogP contribution in [0.25, 0.3) is 0 Å². The molecule has 2 atom stereocenters. The molecule has 0 amide bonds. The maximum atomic E-state index is 11.2. The molecule has 86 valence electrons. The zero-order valence-electron chi connectivity index (χ0n) is 8.72. The molecular weight excluding hydrogens is 216 g/mol. The molecule has 1 aliphatic rings. The molecule has 1 rings (SSSR count). The lowest BCUT2D eigenvalue weighted by Gasteiger charge is -2.15. The first-order chi connectivity index (χ1) is 6.96. The summed E-state index contributed by atoms with van der Waals surface area (Å²) < 4.78 is 22.5. The van der Waals surface area contributed by atoms with E-state index in [1.165, 1.54) is 0 Å². The van der Waals surface area contributed by atoms with E-state index in [0.29, 0.717) is 12.8 Å². The van der Waals surface area contributed by atoms with Gasteiger partial charge in [-0.2, -0.15) is 0 Å². The van der Waals surface area contributed by atoms with Gasteiger partial charge in [0.05, 0.1) is 17.4 Å². The van der Waals surface area contributed by atoms with Crippen LogP contribution in [0.2, 0.25) is 0 Å². The molecule has 0 aromatic carbocycles. The molecule has 0 saturated carbocycles. The van der Waals surface area contributed by atoms with Crippen LogP contribution in [-0.2, 0) is 14.6 Å². The summed E-state index contributed by atoms with van der Waals surface area (Å²) in [6.45, 7) is 1.82. The normalized spacial score (nSPS) is 26.9. The molecule has 2 unspecified atom stereocenters. The van der Waals surface area contributed by atoms with Gasteiger partial charge in [0.15, 0.2) is 9.84 Å². The first kappa shape index (κ1) is 12.2. The van der Waals surface area contributed by atoms with Crippen LogP contribution in [0.5, 0.6) is 0 Å². The van der Waals surface area contributed by atoms with Gasteiger partial charge in [0.25, 0.3) is 0 Å². The molecule has 1 saturated heterocycles. The number of carboxylic acid groups (broad SMARTS) is 1. The average Bonchev–Trinajstić information content (AvgIpc) is 2.46. The van der Waals surface area contributed by atoms with Crippen LogP contribution in [0.15, 0.2) is 12.2 Å². The molecule has 1 aliphatic heterocycles. The Kier molecular flexibility index (Phi) is 3.90. The van der Waals surface area contributed by atoms with E-state index in [1.54, 1.807) is 12.2 Å². The van der Waals surface area contributed by atoms with Crippen molar-refractivity contribution in [3.05, 3.63) is 12.2 Å². The molecule has 1 N–H and O–H groups in total. The first-order valence-electron chi connectivity index (χ1n) is 5.00. The fraction of sp³-hybridized carbons (Fsp3) is 0.700. The summed E-state index contributed by atoms with van der Waals surface area (Å²) >= 11 is 0. The topological polar surface area (TPSA) is 71.4 Å². The van der Waals surface area contributed by atoms with Gasteiger partial charge in [-0.1, -0.05) is 12.2 Å². The van der Waals surface area contributed by atoms with Crippen LogP contribution in [0, 0.1) is 11.8 Å². The minimum Gasteiger partial charge on any atom is -0.481 e. The van der Waals surface area contributed by atoms with E-state index in [1.807, 2.05) is 6.92 Å². The fourth-order valence-electron chi connectivity index (χ4n) is 1.92. The quantitative estimate of drug-likeness (QED) is 0.736. The van der Waals surface area contributed by atoms with Crippen LogP contribution < -0.4 is 0 Å². The van der Waals surface area contributed by atoms with Crippen molar-refractivity contribution in [1.82, 2.24) is 0 Å². The SMILES string of the molecule is CC=CCC(C(=O)O)C1CCS(=O)(=O)C1. The minimum absolute atomic E-state index is 0.0293. The van der Waals surface area contributed by atoms with Gasteiger partial charge in [0.2, 0.25) is 0 Å². The number of rotatable bonds is 4. The number of allylic oxidation sites excluding steroid dienone is 2. The zero-order chi connectivity index (χ0) is 11.5. The lowest BCUT2D eigenvalue weighted by Crippen LogP contribution is -2.24. The number of hydrogen-bond acceptors (Lipinski definition) is 3. The Balaban J connectivity index is 2.70. The Hall–Kier alpha value is -0.840. The van der Waals surface area contributed by atoms with Crippen molar-refractivity contribution in [2.24, 2.45) is 11.8 Å². The number of aliphatic carboxylic acids is 1. The van der Waals surface area contributed by atoms with Gasteiger partial charge >= 0.3 is 5.97 Å². The lowest BCUT2D eigenvalue weighted by molar-refractivity contribution is -0.143. The molecule has 1 heterocycles. The van der Waals surface area contributed by atoms with Gasteiger partial charge in [0.1, 0.15) is 0 Å². The van der Waals surface area contributed by atoms with Gasteiger partial charge in [-0.25, -0.2) is 8.42 Å². The fourth-order valence-corrected chi connectivity index (χ4v) is 3.80. The zero-order valence-corrected chi connectivity index (χ0v) is 9.53. The summed E-state index contributed by atoms with van der Waals surface area (Å²) in [5.41, 5.74) is 0. The Morgan fingerprint density at radius 2 is 2.27 bits per heavy atom. The number of carbonyl (C=O) groups is 1. The maximum Gasteiger partial charge on any atom is 0.307 e. The third kappa shape index (κ3) is 3.34. The monoisotopic (exact) mass is 232 g/mol. The third-order valence-corrected chi connectivity index (χ3v) is 4.57. The Morgan fingerprint density at radius 1 is 1.60 bits per heavy atom. The van der Waals surface area contributed by atoms with Crippen LogP contribution >= 0.6 is 0 Å². The van der Waals surface area contributed by atoms with E-state index in [0.717, 1.165) is 0 Å². The highest BCUT2D eigenvalue weighted by Gasteiger charge is 2.36. The average molecular weight is 232 g/mol. The van der Waals surface area contributed by atoms with Gasteiger partial charge in [-0.05, 0) is 25.7 Å². The molecule has 0 aliphatic carbocycles. The van der Waals surface area contributed by atoms with Crippen molar-refractivity contribution in [3.63, 3.8) is 0 Å². The third-order valence-electron chi connectivity index (χ3n) is 2.78. The van der Waals surface area contributed by atoms with Crippen LogP contribution in [0.3, 0.4) is 0 Å². The van der Waals surface area contributed by atoms with Crippen molar-refractivity contribution in [2.75, 3.05) is 11.5 Å². The van der Waals surface area contributed by atoms with Crippen molar-refractivity contribution >= 4 is 15.8 Å². The number of hydrogen-bond donors (Lipinski definition) is 1. The van der Waals surface area contributed by atoms with Gasteiger partial charge in [-0.3, -0.25) is 4.79 Å². The minimum atomic E-state index is -2.99. The van der Waals surface area contributed by atoms with E-state index in [4.69, 9.17) is 5.11 Å². The predicted molar refractivity (Wildman–Crippen MR) is 57.3 cm³/mol. The molecule has 0 bridgehead atoms. The molecule has 15 heavy (non-hydrogen) atoms. The van der Waals surface area contributed by atoms with Gasteiger partial charge in [-0.15, -0.1) is 0 Å². The van der Waals surface area contributed by atoms with Crippen LogP contribution in [0.1, 0.15) is 19.8 Å². The molecule has 1 fully saturated rings. The van der Waals surface area contributed by atoms with E-state index < -0.39 is 21.7 Å². The largest absolute Gasteiger partial charge is 0.481 e. The smallest absolute Gasteiger partial charge is 0.307 e. The molecule has 5 heteroatoms. The van der Waals surface area contributed by atoms with E-state index in [-0.39, 0.29) is 17.4 Å². The summed E-state index contributed by atoms with van der Waals surface area (Å²) in [6, 6.07) is 0. The van der Waals surface area contributed by atoms with Crippen molar-refractivity contribution in [3.8, 4) is 0 Å². The summed E-state index contributed by atoms with van der Waals surface area (Å²) in [5.74, 6) is -1.50. The Bertz CT molecular complexity index is 356. The van der Waals surface area contributed by atoms with Crippen LogP contribution in [0.4, 0.5) is 0 Å². The standard InChI is InChI=1S/C10H16O4S/c1-2-3-4-9(10(11)12)8-5-6-15(13,14)7-8/h2-3,8-9H,4-7H2,1H3,(H,11,12). The summed E-state index contributed by atoms with van der Waals surface area (Å²) in [4.78, 5) is 11.0. The van der Waals surface area contributed by atoms with Gasteiger partial charge < -0.3 is 5.11 Å². The van der Waals surface area contributed by atoms with Crippen molar-refractivity contribution < 1.29 is 18.3 Å². The van der Waals surface area contributed by atoms with E-state index in [9.17, 15) is 13.2 Å². The van der Waals surface area contributed by atoms with Gasteiger partial charge in [0, 0.05) is 0 Å². The first-order valence-corrected chi connectivity index (χ1v) is 6.83. The van der Waals surface area contributed by atoms with Crippen LogP contribution in [-0.4, -0.2) is 31.0 Å². The molecule has 4 nitrogen and oxygen atoms in total. The summed E-state index contributed by atoms with van der Waals surface area (Å²) in [5, 5.41) is 9.00. The van der Waals surface area contributed by atoms with E-state index >= 15 is 0 Å². The Morgan fingerprint density at radius 3 is 2.67 bits per heavy atom. The second-order valence-electron chi connectivity index (χ2n) is 3.91. The molecule has 0 spiro atoms. The number of sulfone groups is 1. The molecule has 0 aromatic rings. The molecule has 0 aromatic heterocycles. The highest BCUT2D eigenvalue weighted by Crippen LogP contribution is 2.28. The van der Waals surface area contributed by atoms with Crippen molar-refractivity contribution in [1.29, 1.82) is 0 Å². The lowest BCUT2D eigenvalue weighted by atomic mass is 9.89. The predicted octanol–water partition coefficient (Wildman–Crippen LogP) is 1.09. The highest BCUT2D eigenvalue weighted by atomic mass is 32.2. The maximum absolute atomic E-state index is 11.2. The second-order valence-corrected chi connectivity index (χ2v) is 6.14. The number of carboxylic acids is 1. The van der Waals surface area contributed by atoms with Crippen molar-refractivity contribution in [2.45, 2.75) is 19.8 Å². The summed E-state index contributed by atoms with van der Waals surface area (Å²) in [7, 11) is -2.99. The highest BCUT2D eigenvalue weighted by molar-refractivity contribution is 7.91. The van der Waals surface area contributed by atoms with E-state index in [2.05, 4.69) is 0 Å². The summed E-state index contributed by atoms with van der Waals surface area (Å²) in [6.07, 6.45) is 4.48. The second kappa shape index (κ2) is 4.79. The molecular formula is C10H16O4S. The Labute approximate surface area is 89.9 Å². The molecule has 0 radical (unpaired) electrons.